The summed E-state index contributed by atoms with van der Waals surface area (Å²) in [6.45, 7) is -0.302. The predicted molar refractivity (Wildman–Crippen MR) is 128 cm³/mol. The number of benzene rings is 2. The molecule has 1 saturated carbocycles. The second-order valence-electron chi connectivity index (χ2n) is 8.99. The first-order chi connectivity index (χ1) is 16.3. The van der Waals surface area contributed by atoms with Gasteiger partial charge in [0.05, 0.1) is 31.7 Å². The summed E-state index contributed by atoms with van der Waals surface area (Å²) < 4.78 is 44.1. The highest BCUT2D eigenvalue weighted by molar-refractivity contribution is 7.89. The number of para-hydroxylation sites is 1. The van der Waals surface area contributed by atoms with Crippen LogP contribution in [0.5, 0.6) is 17.2 Å². The number of amides is 1. The molecular formula is C25H32N2O6S. The Labute approximate surface area is 201 Å². The number of nitrogens with one attached hydrogen (secondary N) is 1. The van der Waals surface area contributed by atoms with Crippen LogP contribution in [-0.2, 0) is 14.8 Å². The maximum Gasteiger partial charge on any atom is 0.243 e. The fraction of sp³-hybridized carbons (Fsp3) is 0.480. The van der Waals surface area contributed by atoms with Crippen molar-refractivity contribution in [3.63, 3.8) is 0 Å². The van der Waals surface area contributed by atoms with Gasteiger partial charge < -0.3 is 19.5 Å². The fourth-order valence-electron chi connectivity index (χ4n) is 4.93. The third-order valence-corrected chi connectivity index (χ3v) is 8.53. The number of methoxy groups -OCH3 is 2. The van der Waals surface area contributed by atoms with E-state index < -0.39 is 10.0 Å². The molecule has 0 radical (unpaired) electrons. The van der Waals surface area contributed by atoms with E-state index in [1.54, 1.807) is 0 Å². The molecule has 1 aliphatic heterocycles. The highest BCUT2D eigenvalue weighted by Gasteiger charge is 2.42. The summed E-state index contributed by atoms with van der Waals surface area (Å²) in [5.74, 6) is 1.17. The monoisotopic (exact) mass is 488 g/mol. The van der Waals surface area contributed by atoms with Crippen molar-refractivity contribution in [2.24, 2.45) is 0 Å². The number of rotatable bonds is 7. The molecule has 1 unspecified atom stereocenters. The van der Waals surface area contributed by atoms with Crippen LogP contribution in [0.15, 0.2) is 47.4 Å². The third kappa shape index (κ3) is 4.86. The second kappa shape index (κ2) is 9.84. The molecule has 8 nitrogen and oxygen atoms in total. The van der Waals surface area contributed by atoms with Gasteiger partial charge in [0.15, 0.2) is 11.5 Å². The lowest BCUT2D eigenvalue weighted by Crippen LogP contribution is -2.48. The number of sulfonamides is 1. The van der Waals surface area contributed by atoms with Crippen LogP contribution >= 0.6 is 0 Å². The Morgan fingerprint density at radius 2 is 1.79 bits per heavy atom. The molecule has 1 amide bonds. The van der Waals surface area contributed by atoms with Gasteiger partial charge in [-0.05, 0) is 43.9 Å². The third-order valence-electron chi connectivity index (χ3n) is 6.73. The SMILES string of the molecule is COc1ccc(S(=O)(=O)N(C)CC(=O)NC2CC3(CCCCC3)Oc3ccccc32)cc1OC. The first-order valence-electron chi connectivity index (χ1n) is 11.5. The summed E-state index contributed by atoms with van der Waals surface area (Å²) in [4.78, 5) is 13.0. The zero-order chi connectivity index (χ0) is 24.3. The molecule has 1 N–H and O–H groups in total. The zero-order valence-electron chi connectivity index (χ0n) is 19.9. The van der Waals surface area contributed by atoms with E-state index in [9.17, 15) is 13.2 Å². The molecule has 1 spiro atoms. The van der Waals surface area contributed by atoms with Gasteiger partial charge in [-0.3, -0.25) is 4.79 Å². The summed E-state index contributed by atoms with van der Waals surface area (Å²) in [6, 6.07) is 11.9. The summed E-state index contributed by atoms with van der Waals surface area (Å²) in [7, 11) is 0.409. The quantitative estimate of drug-likeness (QED) is 0.639. The van der Waals surface area contributed by atoms with Gasteiger partial charge in [0, 0.05) is 25.1 Å². The number of hydrogen-bond acceptors (Lipinski definition) is 6. The normalized spacial score (nSPS) is 19.2. The Kier molecular flexibility index (Phi) is 7.04. The molecule has 2 aromatic rings. The number of ether oxygens (including phenoxy) is 3. The van der Waals surface area contributed by atoms with Crippen LogP contribution in [0.4, 0.5) is 0 Å². The van der Waals surface area contributed by atoms with E-state index in [1.807, 2.05) is 24.3 Å². The van der Waals surface area contributed by atoms with Crippen LogP contribution in [-0.4, -0.2) is 52.0 Å². The van der Waals surface area contributed by atoms with Crippen LogP contribution in [0.1, 0.15) is 50.1 Å². The largest absolute Gasteiger partial charge is 0.493 e. The van der Waals surface area contributed by atoms with E-state index in [1.165, 1.54) is 45.9 Å². The number of carbonyl (C=O) groups excluding carboxylic acids is 1. The predicted octanol–water partition coefficient (Wildman–Crippen LogP) is 3.67. The standard InChI is InChI=1S/C25H32N2O6S/c1-27(34(29,30)18-11-12-22(31-2)23(15-18)32-3)17-24(28)26-20-16-25(13-7-4-8-14-25)33-21-10-6-5-9-19(20)21/h5-6,9-12,15,20H,4,7-8,13-14,16-17H2,1-3H3,(H,26,28). The topological polar surface area (TPSA) is 94.2 Å². The lowest BCUT2D eigenvalue weighted by Gasteiger charge is -2.44. The van der Waals surface area contributed by atoms with E-state index in [4.69, 9.17) is 14.2 Å². The smallest absolute Gasteiger partial charge is 0.243 e. The number of nitrogens with zero attached hydrogens (tertiary/aromatic N) is 1. The van der Waals surface area contributed by atoms with Crippen molar-refractivity contribution >= 4 is 15.9 Å². The Morgan fingerprint density at radius 3 is 2.50 bits per heavy atom. The van der Waals surface area contributed by atoms with Gasteiger partial charge >= 0.3 is 0 Å². The first kappa shape index (κ1) is 24.3. The van der Waals surface area contributed by atoms with E-state index in [0.717, 1.165) is 41.3 Å². The van der Waals surface area contributed by atoms with Crippen molar-refractivity contribution in [1.29, 1.82) is 0 Å². The van der Waals surface area contributed by atoms with Gasteiger partial charge in [-0.25, -0.2) is 8.42 Å². The van der Waals surface area contributed by atoms with Gasteiger partial charge in [0.1, 0.15) is 11.4 Å². The molecule has 34 heavy (non-hydrogen) atoms. The molecule has 2 aromatic carbocycles. The Hall–Kier alpha value is -2.78. The van der Waals surface area contributed by atoms with E-state index in [0.29, 0.717) is 17.9 Å². The van der Waals surface area contributed by atoms with Crippen LogP contribution in [0.25, 0.3) is 0 Å². The van der Waals surface area contributed by atoms with E-state index in [-0.39, 0.29) is 29.0 Å². The van der Waals surface area contributed by atoms with Crippen molar-refractivity contribution in [1.82, 2.24) is 9.62 Å². The van der Waals surface area contributed by atoms with Crippen LogP contribution < -0.4 is 19.5 Å². The molecule has 4 rings (SSSR count). The lowest BCUT2D eigenvalue weighted by molar-refractivity contribution is -0.122. The Bertz CT molecular complexity index is 1140. The average molecular weight is 489 g/mol. The van der Waals surface area contributed by atoms with Crippen molar-refractivity contribution in [3.05, 3.63) is 48.0 Å². The minimum atomic E-state index is -3.91. The summed E-state index contributed by atoms with van der Waals surface area (Å²) in [5, 5.41) is 3.07. The molecular weight excluding hydrogens is 456 g/mol. The van der Waals surface area contributed by atoms with Crippen molar-refractivity contribution in [3.8, 4) is 17.2 Å². The molecule has 1 aliphatic carbocycles. The highest BCUT2D eigenvalue weighted by atomic mass is 32.2. The Balaban J connectivity index is 1.49. The molecule has 1 fully saturated rings. The molecule has 1 atom stereocenters. The second-order valence-corrected chi connectivity index (χ2v) is 11.0. The number of fused-ring (bicyclic) bond motifs is 1. The van der Waals surface area contributed by atoms with Gasteiger partial charge in [0.2, 0.25) is 15.9 Å². The molecule has 0 bridgehead atoms. The number of likely N-dealkylation sites (N-methyl/N-ethyl adjacent to an activating group) is 1. The fourth-order valence-corrected chi connectivity index (χ4v) is 6.08. The van der Waals surface area contributed by atoms with Gasteiger partial charge in [-0.15, -0.1) is 0 Å². The van der Waals surface area contributed by atoms with Crippen LogP contribution in [0, 0.1) is 0 Å². The van der Waals surface area contributed by atoms with Gasteiger partial charge in [0.25, 0.3) is 0 Å². The average Bonchev–Trinajstić information content (AvgIpc) is 2.83. The van der Waals surface area contributed by atoms with Crippen molar-refractivity contribution in [2.75, 3.05) is 27.8 Å². The number of hydrogen-bond donors (Lipinski definition) is 1. The maximum absolute atomic E-state index is 13.1. The van der Waals surface area contributed by atoms with Gasteiger partial charge in [-0.2, -0.15) is 4.31 Å². The molecule has 2 aliphatic rings. The van der Waals surface area contributed by atoms with Crippen molar-refractivity contribution in [2.45, 2.75) is 55.1 Å². The molecule has 0 saturated heterocycles. The minimum Gasteiger partial charge on any atom is -0.493 e. The van der Waals surface area contributed by atoms with E-state index in [2.05, 4.69) is 5.32 Å². The molecule has 9 heteroatoms. The minimum absolute atomic E-state index is 0.0259. The highest BCUT2D eigenvalue weighted by Crippen LogP contribution is 2.46. The lowest BCUT2D eigenvalue weighted by atomic mass is 9.77. The summed E-state index contributed by atoms with van der Waals surface area (Å²) in [6.07, 6.45) is 6.01. The molecule has 184 valence electrons. The summed E-state index contributed by atoms with van der Waals surface area (Å²) >= 11 is 0. The zero-order valence-corrected chi connectivity index (χ0v) is 20.7. The van der Waals surface area contributed by atoms with Crippen LogP contribution in [0.2, 0.25) is 0 Å². The van der Waals surface area contributed by atoms with Crippen LogP contribution in [0.3, 0.4) is 0 Å². The van der Waals surface area contributed by atoms with Gasteiger partial charge in [-0.1, -0.05) is 24.6 Å². The molecule has 1 heterocycles. The number of carbonyl (C=O) groups is 1. The Morgan fingerprint density at radius 1 is 1.09 bits per heavy atom. The van der Waals surface area contributed by atoms with Crippen molar-refractivity contribution < 1.29 is 27.4 Å². The molecule has 0 aromatic heterocycles. The summed E-state index contributed by atoms with van der Waals surface area (Å²) in [5.41, 5.74) is 0.653. The first-order valence-corrected chi connectivity index (χ1v) is 13.0. The van der Waals surface area contributed by atoms with E-state index >= 15 is 0 Å². The maximum atomic E-state index is 13.1.